The first-order valence-corrected chi connectivity index (χ1v) is 5.17. The maximum Gasteiger partial charge on any atom is 0.407 e. The molecule has 86 valence electrons. The summed E-state index contributed by atoms with van der Waals surface area (Å²) in [5.41, 5.74) is 0.270. The average Bonchev–Trinajstić information content (AvgIpc) is 2.77. The minimum Gasteiger partial charge on any atom is -0.465 e. The van der Waals surface area contributed by atoms with Gasteiger partial charge in [0.05, 0.1) is 11.4 Å². The molecule has 0 aliphatic heterocycles. The first-order valence-electron chi connectivity index (χ1n) is 4.39. The van der Waals surface area contributed by atoms with Gasteiger partial charge in [-0.05, 0) is 17.6 Å². The number of aromatic nitrogens is 1. The lowest BCUT2D eigenvalue weighted by molar-refractivity contribution is 0.156. The highest BCUT2D eigenvalue weighted by Crippen LogP contribution is 2.08. The summed E-state index contributed by atoms with van der Waals surface area (Å²) >= 11 is 1.14. The second kappa shape index (κ2) is 5.86. The molecule has 0 saturated carbocycles. The molecule has 1 heterocycles. The number of hydrogen-bond acceptors (Lipinski definition) is 5. The summed E-state index contributed by atoms with van der Waals surface area (Å²) in [6.45, 7) is 3.64. The lowest BCUT2D eigenvalue weighted by Gasteiger charge is -2.16. The van der Waals surface area contributed by atoms with Crippen LogP contribution in [0.4, 0.5) is 4.79 Å². The Hall–Kier alpha value is -1.89. The van der Waals surface area contributed by atoms with Crippen LogP contribution in [0.3, 0.4) is 0 Å². The number of nitrogens with zero attached hydrogens (tertiary/aromatic N) is 3. The van der Waals surface area contributed by atoms with Gasteiger partial charge in [-0.25, -0.2) is 9.17 Å². The third-order valence-corrected chi connectivity index (χ3v) is 2.60. The van der Waals surface area contributed by atoms with Gasteiger partial charge < -0.3 is 10.3 Å². The third-order valence-electron chi connectivity index (χ3n) is 1.80. The van der Waals surface area contributed by atoms with Crippen molar-refractivity contribution in [1.82, 2.24) is 9.27 Å². The van der Waals surface area contributed by atoms with Gasteiger partial charge >= 0.3 is 6.09 Å². The standard InChI is InChI=1S/C9H11N3O3S/c1-2-5-12(9(13)14)6-7(11-15)8-3-4-10-16-8/h2-4,15H,1,5-6H2,(H,13,14). The Balaban J connectivity index is 2.76. The Bertz CT molecular complexity index is 389. The van der Waals surface area contributed by atoms with Crippen LogP contribution in [0.1, 0.15) is 4.88 Å². The molecule has 1 aromatic rings. The smallest absolute Gasteiger partial charge is 0.407 e. The first kappa shape index (κ1) is 12.2. The number of oxime groups is 1. The molecule has 1 aromatic heterocycles. The normalized spacial score (nSPS) is 11.1. The van der Waals surface area contributed by atoms with E-state index < -0.39 is 6.09 Å². The number of carbonyl (C=O) groups is 1. The van der Waals surface area contributed by atoms with Crippen molar-refractivity contribution in [3.63, 3.8) is 0 Å². The molecule has 2 N–H and O–H groups in total. The molecule has 0 aliphatic rings. The summed E-state index contributed by atoms with van der Waals surface area (Å²) in [6, 6.07) is 1.66. The lowest BCUT2D eigenvalue weighted by atomic mass is 10.3. The van der Waals surface area contributed by atoms with Crippen molar-refractivity contribution >= 4 is 23.3 Å². The molecule has 0 radical (unpaired) electrons. The van der Waals surface area contributed by atoms with Crippen LogP contribution < -0.4 is 0 Å². The summed E-state index contributed by atoms with van der Waals surface area (Å²) in [5, 5.41) is 20.8. The molecular formula is C9H11N3O3S. The van der Waals surface area contributed by atoms with Crippen molar-refractivity contribution in [2.24, 2.45) is 5.16 Å². The van der Waals surface area contributed by atoms with E-state index in [2.05, 4.69) is 16.1 Å². The Morgan fingerprint density at radius 2 is 2.50 bits per heavy atom. The molecule has 0 spiro atoms. The van der Waals surface area contributed by atoms with Crippen LogP contribution in [-0.4, -0.2) is 44.5 Å². The van der Waals surface area contributed by atoms with Crippen LogP contribution in [0.5, 0.6) is 0 Å². The third kappa shape index (κ3) is 3.06. The van der Waals surface area contributed by atoms with Crippen molar-refractivity contribution in [3.05, 3.63) is 29.8 Å². The van der Waals surface area contributed by atoms with E-state index in [1.165, 1.54) is 6.08 Å². The van der Waals surface area contributed by atoms with E-state index in [9.17, 15) is 4.79 Å². The minimum atomic E-state index is -1.09. The Labute approximate surface area is 96.3 Å². The Morgan fingerprint density at radius 3 is 2.94 bits per heavy atom. The van der Waals surface area contributed by atoms with Gasteiger partial charge in [0.2, 0.25) is 0 Å². The number of hydrogen-bond donors (Lipinski definition) is 2. The molecule has 6 nitrogen and oxygen atoms in total. The summed E-state index contributed by atoms with van der Waals surface area (Å²) in [6.07, 6.45) is 1.94. The summed E-state index contributed by atoms with van der Waals surface area (Å²) in [4.78, 5) is 12.6. The fraction of sp³-hybridized carbons (Fsp3) is 0.222. The highest BCUT2D eigenvalue weighted by Gasteiger charge is 2.15. The lowest BCUT2D eigenvalue weighted by Crippen LogP contribution is -2.34. The molecular weight excluding hydrogens is 230 g/mol. The van der Waals surface area contributed by atoms with Crippen LogP contribution >= 0.6 is 11.5 Å². The fourth-order valence-electron chi connectivity index (χ4n) is 1.07. The Kier molecular flexibility index (Phi) is 4.46. The zero-order chi connectivity index (χ0) is 12.0. The monoisotopic (exact) mass is 241 g/mol. The molecule has 0 unspecified atom stereocenters. The molecule has 0 bridgehead atoms. The maximum absolute atomic E-state index is 10.8. The second-order valence-corrected chi connectivity index (χ2v) is 3.71. The quantitative estimate of drug-likeness (QED) is 0.354. The Morgan fingerprint density at radius 1 is 1.75 bits per heavy atom. The summed E-state index contributed by atoms with van der Waals surface area (Å²) in [5.74, 6) is 0. The van der Waals surface area contributed by atoms with Gasteiger partial charge in [0.15, 0.2) is 0 Å². The van der Waals surface area contributed by atoms with Crippen LogP contribution in [0, 0.1) is 0 Å². The molecule has 0 fully saturated rings. The van der Waals surface area contributed by atoms with Crippen molar-refractivity contribution in [1.29, 1.82) is 0 Å². The zero-order valence-electron chi connectivity index (χ0n) is 8.41. The van der Waals surface area contributed by atoms with Crippen LogP contribution in [-0.2, 0) is 0 Å². The van der Waals surface area contributed by atoms with Gasteiger partial charge in [-0.2, -0.15) is 0 Å². The van der Waals surface area contributed by atoms with E-state index in [1.54, 1.807) is 12.3 Å². The second-order valence-electron chi connectivity index (χ2n) is 2.88. The van der Waals surface area contributed by atoms with Crippen molar-refractivity contribution in [2.75, 3.05) is 13.1 Å². The minimum absolute atomic E-state index is 0.0000463. The number of amides is 1. The van der Waals surface area contributed by atoms with E-state index in [1.807, 2.05) is 0 Å². The summed E-state index contributed by atoms with van der Waals surface area (Å²) in [7, 11) is 0. The van der Waals surface area contributed by atoms with E-state index in [0.29, 0.717) is 4.88 Å². The van der Waals surface area contributed by atoms with Crippen molar-refractivity contribution in [3.8, 4) is 0 Å². The molecule has 0 aliphatic carbocycles. The van der Waals surface area contributed by atoms with E-state index in [0.717, 1.165) is 16.4 Å². The van der Waals surface area contributed by atoms with Gasteiger partial charge in [0, 0.05) is 12.7 Å². The van der Waals surface area contributed by atoms with E-state index in [4.69, 9.17) is 10.3 Å². The molecule has 1 amide bonds. The number of rotatable bonds is 5. The molecule has 1 rings (SSSR count). The topological polar surface area (TPSA) is 86.0 Å². The van der Waals surface area contributed by atoms with Gasteiger partial charge in [0.25, 0.3) is 0 Å². The molecule has 16 heavy (non-hydrogen) atoms. The van der Waals surface area contributed by atoms with Gasteiger partial charge in [-0.3, -0.25) is 4.90 Å². The van der Waals surface area contributed by atoms with Crippen LogP contribution in [0.25, 0.3) is 0 Å². The van der Waals surface area contributed by atoms with Crippen LogP contribution in [0.15, 0.2) is 30.1 Å². The zero-order valence-corrected chi connectivity index (χ0v) is 9.22. The average molecular weight is 241 g/mol. The molecule has 0 saturated heterocycles. The van der Waals surface area contributed by atoms with Crippen LogP contribution in [0.2, 0.25) is 0 Å². The molecule has 0 atom stereocenters. The van der Waals surface area contributed by atoms with E-state index >= 15 is 0 Å². The van der Waals surface area contributed by atoms with Crippen molar-refractivity contribution in [2.45, 2.75) is 0 Å². The number of carboxylic acid groups (broad SMARTS) is 1. The summed E-state index contributed by atoms with van der Waals surface area (Å²) < 4.78 is 3.85. The predicted molar refractivity (Wildman–Crippen MR) is 60.2 cm³/mol. The molecule has 0 aromatic carbocycles. The van der Waals surface area contributed by atoms with Gasteiger partial charge in [0.1, 0.15) is 5.71 Å². The van der Waals surface area contributed by atoms with Gasteiger partial charge in [-0.1, -0.05) is 11.2 Å². The maximum atomic E-state index is 10.8. The molecule has 7 heteroatoms. The van der Waals surface area contributed by atoms with Gasteiger partial charge in [-0.15, -0.1) is 6.58 Å². The van der Waals surface area contributed by atoms with E-state index in [-0.39, 0.29) is 18.8 Å². The highest BCUT2D eigenvalue weighted by molar-refractivity contribution is 7.08. The first-order chi connectivity index (χ1) is 7.69. The predicted octanol–water partition coefficient (Wildman–Crippen LogP) is 1.49. The van der Waals surface area contributed by atoms with Crippen molar-refractivity contribution < 1.29 is 15.1 Å². The fourth-order valence-corrected chi connectivity index (χ4v) is 1.64. The largest absolute Gasteiger partial charge is 0.465 e. The SMILES string of the molecule is C=CCN(CC(=NO)c1ccns1)C(=O)O. The highest BCUT2D eigenvalue weighted by atomic mass is 32.1.